The maximum atomic E-state index is 4.80. The first kappa shape index (κ1) is 14.0. The van der Waals surface area contributed by atoms with E-state index in [-0.39, 0.29) is 0 Å². The maximum absolute atomic E-state index is 4.80. The van der Waals surface area contributed by atoms with Crippen LogP contribution in [0, 0.1) is 0 Å². The molecule has 0 spiro atoms. The van der Waals surface area contributed by atoms with Crippen molar-refractivity contribution in [2.24, 2.45) is 0 Å². The third kappa shape index (κ3) is 2.88. The van der Waals surface area contributed by atoms with Gasteiger partial charge in [-0.25, -0.2) is 9.97 Å². The van der Waals surface area contributed by atoms with Crippen LogP contribution in [0.5, 0.6) is 0 Å². The van der Waals surface area contributed by atoms with Crippen LogP contribution in [0.25, 0.3) is 10.7 Å². The molecule has 0 atom stereocenters. The van der Waals surface area contributed by atoms with Crippen LogP contribution in [0.15, 0.2) is 15.9 Å². The van der Waals surface area contributed by atoms with Crippen LogP contribution >= 0.6 is 27.3 Å². The highest BCUT2D eigenvalue weighted by molar-refractivity contribution is 9.11. The molecule has 0 aliphatic heterocycles. The van der Waals surface area contributed by atoms with E-state index in [1.54, 1.807) is 11.3 Å². The average molecular weight is 352 g/mol. The third-order valence-electron chi connectivity index (χ3n) is 3.52. The van der Waals surface area contributed by atoms with Gasteiger partial charge in [0.2, 0.25) is 0 Å². The molecule has 0 radical (unpaired) electrons. The molecule has 106 valence electrons. The standard InChI is InChI=1S/C15H18BrN3S/c1-2-9-17-14-10-5-3-4-6-11(10)18-15(19-14)12-7-8-13(16)20-12/h7-8H,2-6,9H2,1H3,(H,17,18,19). The molecule has 0 amide bonds. The fourth-order valence-corrected chi connectivity index (χ4v) is 3.85. The topological polar surface area (TPSA) is 37.8 Å². The summed E-state index contributed by atoms with van der Waals surface area (Å²) < 4.78 is 1.12. The summed E-state index contributed by atoms with van der Waals surface area (Å²) in [7, 11) is 0. The van der Waals surface area contributed by atoms with E-state index in [0.717, 1.165) is 46.1 Å². The number of anilines is 1. The summed E-state index contributed by atoms with van der Waals surface area (Å²) in [5.41, 5.74) is 2.58. The molecule has 2 aromatic heterocycles. The van der Waals surface area contributed by atoms with Crippen LogP contribution in [-0.2, 0) is 12.8 Å². The van der Waals surface area contributed by atoms with Gasteiger partial charge >= 0.3 is 0 Å². The molecule has 0 aromatic carbocycles. The molecule has 20 heavy (non-hydrogen) atoms. The number of halogens is 1. The molecule has 2 heterocycles. The van der Waals surface area contributed by atoms with Crippen LogP contribution in [0.3, 0.4) is 0 Å². The molecule has 3 nitrogen and oxygen atoms in total. The number of rotatable bonds is 4. The van der Waals surface area contributed by atoms with Crippen LogP contribution < -0.4 is 5.32 Å². The van der Waals surface area contributed by atoms with Crippen LogP contribution in [0.4, 0.5) is 5.82 Å². The monoisotopic (exact) mass is 351 g/mol. The molecule has 0 fully saturated rings. The van der Waals surface area contributed by atoms with Gasteiger partial charge in [0.25, 0.3) is 0 Å². The normalized spacial score (nSPS) is 14.1. The Morgan fingerprint density at radius 2 is 2.10 bits per heavy atom. The SMILES string of the molecule is CCCNc1nc(-c2ccc(Br)s2)nc2c1CCCC2. The van der Waals surface area contributed by atoms with Gasteiger partial charge in [0.05, 0.1) is 8.66 Å². The number of aryl methyl sites for hydroxylation is 1. The average Bonchev–Trinajstić information content (AvgIpc) is 2.91. The molecule has 0 saturated carbocycles. The smallest absolute Gasteiger partial charge is 0.171 e. The molecule has 5 heteroatoms. The van der Waals surface area contributed by atoms with Crippen molar-refractivity contribution < 1.29 is 0 Å². The maximum Gasteiger partial charge on any atom is 0.171 e. The zero-order valence-electron chi connectivity index (χ0n) is 11.6. The first-order valence-electron chi connectivity index (χ1n) is 7.17. The molecular formula is C15H18BrN3S. The Morgan fingerprint density at radius 3 is 2.85 bits per heavy atom. The highest BCUT2D eigenvalue weighted by Gasteiger charge is 2.18. The Morgan fingerprint density at radius 1 is 1.25 bits per heavy atom. The second-order valence-electron chi connectivity index (χ2n) is 5.06. The van der Waals surface area contributed by atoms with Crippen molar-refractivity contribution in [1.82, 2.24) is 9.97 Å². The fourth-order valence-electron chi connectivity index (χ4n) is 2.53. The van der Waals surface area contributed by atoms with Crippen molar-refractivity contribution in [3.05, 3.63) is 27.2 Å². The summed E-state index contributed by atoms with van der Waals surface area (Å²) in [6.07, 6.45) is 5.79. The molecule has 1 N–H and O–H groups in total. The summed E-state index contributed by atoms with van der Waals surface area (Å²) in [5, 5.41) is 3.48. The van der Waals surface area contributed by atoms with Crippen LogP contribution in [0.2, 0.25) is 0 Å². The molecule has 0 unspecified atom stereocenters. The molecule has 0 saturated heterocycles. The Hall–Kier alpha value is -0.940. The van der Waals surface area contributed by atoms with Gasteiger partial charge < -0.3 is 5.32 Å². The van der Waals surface area contributed by atoms with E-state index in [2.05, 4.69) is 40.3 Å². The fraction of sp³-hybridized carbons (Fsp3) is 0.467. The molecule has 1 aliphatic rings. The minimum absolute atomic E-state index is 0.861. The van der Waals surface area contributed by atoms with Crippen molar-refractivity contribution in [3.63, 3.8) is 0 Å². The Labute approximate surface area is 132 Å². The largest absolute Gasteiger partial charge is 0.370 e. The van der Waals surface area contributed by atoms with Gasteiger partial charge in [-0.2, -0.15) is 0 Å². The van der Waals surface area contributed by atoms with Gasteiger partial charge in [-0.15, -0.1) is 11.3 Å². The molecule has 3 rings (SSSR count). The number of nitrogens with zero attached hydrogens (tertiary/aromatic N) is 2. The van der Waals surface area contributed by atoms with Gasteiger partial charge in [0.15, 0.2) is 5.82 Å². The van der Waals surface area contributed by atoms with Gasteiger partial charge in [0, 0.05) is 17.8 Å². The minimum atomic E-state index is 0.861. The van der Waals surface area contributed by atoms with Crippen molar-refractivity contribution in [3.8, 4) is 10.7 Å². The number of fused-ring (bicyclic) bond motifs is 1. The van der Waals surface area contributed by atoms with E-state index in [1.807, 2.05) is 0 Å². The highest BCUT2D eigenvalue weighted by atomic mass is 79.9. The zero-order chi connectivity index (χ0) is 13.9. The summed E-state index contributed by atoms with van der Waals surface area (Å²) in [5.74, 6) is 1.91. The molecule has 2 aromatic rings. The lowest BCUT2D eigenvalue weighted by atomic mass is 9.96. The van der Waals surface area contributed by atoms with Gasteiger partial charge in [-0.3, -0.25) is 0 Å². The van der Waals surface area contributed by atoms with Crippen molar-refractivity contribution >= 4 is 33.1 Å². The predicted molar refractivity (Wildman–Crippen MR) is 88.5 cm³/mol. The summed E-state index contributed by atoms with van der Waals surface area (Å²) in [6.45, 7) is 3.15. The van der Waals surface area contributed by atoms with Gasteiger partial charge in [-0.1, -0.05) is 6.92 Å². The second-order valence-corrected chi connectivity index (χ2v) is 7.52. The highest BCUT2D eigenvalue weighted by Crippen LogP contribution is 2.33. The predicted octanol–water partition coefficient (Wildman–Crippen LogP) is 4.67. The summed E-state index contributed by atoms with van der Waals surface area (Å²) in [6, 6.07) is 4.14. The van der Waals surface area contributed by atoms with Crippen LogP contribution in [0.1, 0.15) is 37.4 Å². The van der Waals surface area contributed by atoms with E-state index >= 15 is 0 Å². The van der Waals surface area contributed by atoms with Crippen LogP contribution in [-0.4, -0.2) is 16.5 Å². The Balaban J connectivity index is 2.03. The molecular weight excluding hydrogens is 334 g/mol. The molecule has 1 aliphatic carbocycles. The minimum Gasteiger partial charge on any atom is -0.370 e. The van der Waals surface area contributed by atoms with E-state index in [4.69, 9.17) is 9.97 Å². The Kier molecular flexibility index (Phi) is 4.36. The van der Waals surface area contributed by atoms with Crippen molar-refractivity contribution in [1.29, 1.82) is 0 Å². The first-order valence-corrected chi connectivity index (χ1v) is 8.78. The lowest BCUT2D eigenvalue weighted by Crippen LogP contribution is -2.13. The van der Waals surface area contributed by atoms with Gasteiger partial charge in [0.1, 0.15) is 5.82 Å². The van der Waals surface area contributed by atoms with Crippen molar-refractivity contribution in [2.45, 2.75) is 39.0 Å². The second kappa shape index (κ2) is 6.22. The van der Waals surface area contributed by atoms with Gasteiger partial charge in [-0.05, 0) is 60.2 Å². The number of nitrogens with one attached hydrogen (secondary N) is 1. The lowest BCUT2D eigenvalue weighted by molar-refractivity contribution is 0.664. The quantitative estimate of drug-likeness (QED) is 0.869. The van der Waals surface area contributed by atoms with Crippen molar-refractivity contribution in [2.75, 3.05) is 11.9 Å². The van der Waals surface area contributed by atoms with E-state index in [1.165, 1.54) is 24.1 Å². The summed E-state index contributed by atoms with van der Waals surface area (Å²) in [4.78, 5) is 10.7. The third-order valence-corrected chi connectivity index (χ3v) is 5.14. The Bertz CT molecular complexity index is 609. The number of aromatic nitrogens is 2. The number of thiophene rings is 1. The number of hydrogen-bond acceptors (Lipinski definition) is 4. The first-order chi connectivity index (χ1) is 9.78. The number of hydrogen-bond donors (Lipinski definition) is 1. The van der Waals surface area contributed by atoms with E-state index < -0.39 is 0 Å². The summed E-state index contributed by atoms with van der Waals surface area (Å²) >= 11 is 5.20. The van der Waals surface area contributed by atoms with E-state index in [9.17, 15) is 0 Å². The van der Waals surface area contributed by atoms with E-state index in [0.29, 0.717) is 0 Å². The zero-order valence-corrected chi connectivity index (χ0v) is 14.0. The molecule has 0 bridgehead atoms. The lowest BCUT2D eigenvalue weighted by Gasteiger charge is -2.19.